The van der Waals surface area contributed by atoms with E-state index >= 15 is 0 Å². The molecule has 0 aliphatic rings. The van der Waals surface area contributed by atoms with Gasteiger partial charge in [0.1, 0.15) is 12.4 Å². The van der Waals surface area contributed by atoms with Crippen molar-refractivity contribution in [2.75, 3.05) is 5.32 Å². The number of carbonyl (C=O) groups excluding carboxylic acids is 1. The van der Waals surface area contributed by atoms with Crippen molar-refractivity contribution in [1.82, 2.24) is 9.78 Å². The topological polar surface area (TPSA) is 112 Å². The number of nitrogens with zero attached hydrogens (tertiary/aromatic N) is 3. The number of hydrogen-bond donors (Lipinski definition) is 1. The Balaban J connectivity index is 1.67. The molecule has 0 aliphatic heterocycles. The van der Waals surface area contributed by atoms with Gasteiger partial charge in [0.05, 0.1) is 16.3 Å². The Morgan fingerprint density at radius 2 is 2.11 bits per heavy atom. The third-order valence-electron chi connectivity index (χ3n) is 3.83. The molecular weight excluding hydrogens is 352 g/mol. The molecule has 2 heterocycles. The highest BCUT2D eigenvalue weighted by atomic mass is 16.6. The molecule has 3 aromatic rings. The van der Waals surface area contributed by atoms with Crippen LogP contribution in [0.4, 0.5) is 11.4 Å². The largest absolute Gasteiger partial charge is 0.479 e. The molecule has 27 heavy (non-hydrogen) atoms. The van der Waals surface area contributed by atoms with Crippen LogP contribution in [0.25, 0.3) is 0 Å². The van der Waals surface area contributed by atoms with E-state index in [9.17, 15) is 14.9 Å². The zero-order valence-corrected chi connectivity index (χ0v) is 15.1. The molecule has 140 valence electrons. The first-order chi connectivity index (χ1) is 12.8. The lowest BCUT2D eigenvalue weighted by molar-refractivity contribution is -0.386. The summed E-state index contributed by atoms with van der Waals surface area (Å²) in [6, 6.07) is 7.80. The fourth-order valence-electron chi connectivity index (χ4n) is 2.52. The molecule has 0 aliphatic carbocycles. The number of ether oxygens (including phenoxy) is 1. The van der Waals surface area contributed by atoms with Crippen molar-refractivity contribution in [3.8, 4) is 5.75 Å². The van der Waals surface area contributed by atoms with Gasteiger partial charge in [-0.3, -0.25) is 19.6 Å². The van der Waals surface area contributed by atoms with E-state index in [0.717, 1.165) is 5.56 Å². The van der Waals surface area contributed by atoms with Crippen LogP contribution in [-0.2, 0) is 13.7 Å². The second kappa shape index (κ2) is 7.32. The Labute approximate surface area is 154 Å². The molecule has 3 rings (SSSR count). The standard InChI is InChI=1S/C18H18N4O5/c1-11-4-6-16(15(8-11)22(24)25)26-10-13-5-7-17(27-13)18(23)19-14-9-21(3)20-12(14)2/h4-9H,10H2,1-3H3,(H,19,23). The summed E-state index contributed by atoms with van der Waals surface area (Å²) < 4.78 is 12.6. The summed E-state index contributed by atoms with van der Waals surface area (Å²) in [4.78, 5) is 22.9. The summed E-state index contributed by atoms with van der Waals surface area (Å²) in [5, 5.41) is 18.0. The quantitative estimate of drug-likeness (QED) is 0.526. The van der Waals surface area contributed by atoms with E-state index in [2.05, 4.69) is 10.4 Å². The van der Waals surface area contributed by atoms with Gasteiger partial charge >= 0.3 is 5.69 Å². The summed E-state index contributed by atoms with van der Waals surface area (Å²) >= 11 is 0. The Morgan fingerprint density at radius 1 is 1.33 bits per heavy atom. The molecule has 0 unspecified atom stereocenters. The first-order valence-corrected chi connectivity index (χ1v) is 8.11. The third-order valence-corrected chi connectivity index (χ3v) is 3.83. The van der Waals surface area contributed by atoms with E-state index in [-0.39, 0.29) is 23.8 Å². The van der Waals surface area contributed by atoms with Crippen LogP contribution in [0.5, 0.6) is 5.75 Å². The number of rotatable bonds is 6. The first-order valence-electron chi connectivity index (χ1n) is 8.11. The average molecular weight is 370 g/mol. The lowest BCUT2D eigenvalue weighted by atomic mass is 10.2. The normalized spacial score (nSPS) is 10.6. The van der Waals surface area contributed by atoms with E-state index < -0.39 is 10.8 Å². The predicted octanol–water partition coefficient (Wildman–Crippen LogP) is 3.37. The molecule has 0 bridgehead atoms. The second-order valence-corrected chi connectivity index (χ2v) is 6.04. The van der Waals surface area contributed by atoms with Crippen molar-refractivity contribution in [3.63, 3.8) is 0 Å². The number of hydrogen-bond acceptors (Lipinski definition) is 6. The van der Waals surface area contributed by atoms with Crippen molar-refractivity contribution in [3.05, 3.63) is 69.4 Å². The van der Waals surface area contributed by atoms with E-state index in [1.54, 1.807) is 43.9 Å². The van der Waals surface area contributed by atoms with E-state index in [4.69, 9.17) is 9.15 Å². The molecule has 9 nitrogen and oxygen atoms in total. The minimum absolute atomic E-state index is 0.0386. The first kappa shape index (κ1) is 18.2. The van der Waals surface area contributed by atoms with Crippen molar-refractivity contribution < 1.29 is 18.9 Å². The van der Waals surface area contributed by atoms with Gasteiger partial charge in [-0.15, -0.1) is 0 Å². The maximum Gasteiger partial charge on any atom is 0.311 e. The van der Waals surface area contributed by atoms with Crippen LogP contribution in [0.2, 0.25) is 0 Å². The predicted molar refractivity (Wildman–Crippen MR) is 96.8 cm³/mol. The van der Waals surface area contributed by atoms with Gasteiger partial charge in [-0.2, -0.15) is 5.10 Å². The van der Waals surface area contributed by atoms with Crippen LogP contribution in [0.15, 0.2) is 40.9 Å². The molecule has 0 saturated heterocycles. The van der Waals surface area contributed by atoms with Crippen LogP contribution < -0.4 is 10.1 Å². The molecule has 0 atom stereocenters. The summed E-state index contributed by atoms with van der Waals surface area (Å²) in [6.45, 7) is 3.51. The number of carbonyl (C=O) groups is 1. The van der Waals surface area contributed by atoms with Gasteiger partial charge in [0.25, 0.3) is 5.91 Å². The second-order valence-electron chi connectivity index (χ2n) is 6.04. The molecule has 0 fully saturated rings. The fraction of sp³-hybridized carbons (Fsp3) is 0.222. The van der Waals surface area contributed by atoms with Crippen LogP contribution >= 0.6 is 0 Å². The highest BCUT2D eigenvalue weighted by Gasteiger charge is 2.17. The average Bonchev–Trinajstić information content (AvgIpc) is 3.20. The minimum atomic E-state index is -0.500. The van der Waals surface area contributed by atoms with E-state index in [0.29, 0.717) is 17.1 Å². The van der Waals surface area contributed by atoms with Crippen molar-refractivity contribution in [2.24, 2.45) is 7.05 Å². The van der Waals surface area contributed by atoms with Gasteiger partial charge in [0.2, 0.25) is 0 Å². The molecule has 0 radical (unpaired) electrons. The molecule has 1 N–H and O–H groups in total. The molecule has 2 aromatic heterocycles. The number of aryl methyl sites for hydroxylation is 3. The molecule has 9 heteroatoms. The van der Waals surface area contributed by atoms with Gasteiger partial charge in [-0.05, 0) is 37.6 Å². The molecule has 0 spiro atoms. The Morgan fingerprint density at radius 3 is 2.78 bits per heavy atom. The number of benzene rings is 1. The molecule has 1 amide bonds. The summed E-state index contributed by atoms with van der Waals surface area (Å²) in [5.41, 5.74) is 1.92. The van der Waals surface area contributed by atoms with Gasteiger partial charge in [-0.1, -0.05) is 6.07 Å². The lowest BCUT2D eigenvalue weighted by Crippen LogP contribution is -2.11. The van der Waals surface area contributed by atoms with Crippen molar-refractivity contribution >= 4 is 17.3 Å². The Hall–Kier alpha value is -3.62. The maximum absolute atomic E-state index is 12.3. The van der Waals surface area contributed by atoms with E-state index in [1.165, 1.54) is 18.2 Å². The molecular formula is C18H18N4O5. The number of anilines is 1. The monoisotopic (exact) mass is 370 g/mol. The van der Waals surface area contributed by atoms with Gasteiger partial charge in [0, 0.05) is 19.3 Å². The fourth-order valence-corrected chi connectivity index (χ4v) is 2.52. The van der Waals surface area contributed by atoms with E-state index in [1.807, 2.05) is 0 Å². The number of nitro benzene ring substituents is 1. The summed E-state index contributed by atoms with van der Waals surface area (Å²) in [5.74, 6) is 0.200. The SMILES string of the molecule is Cc1ccc(OCc2ccc(C(=O)Nc3cn(C)nc3C)o2)c([N+](=O)[O-])c1. The minimum Gasteiger partial charge on any atom is -0.479 e. The van der Waals surface area contributed by atoms with Gasteiger partial charge in [-0.25, -0.2) is 0 Å². The summed E-state index contributed by atoms with van der Waals surface area (Å²) in [7, 11) is 1.76. The van der Waals surface area contributed by atoms with Crippen LogP contribution in [0.1, 0.15) is 27.6 Å². The number of nitro groups is 1. The van der Waals surface area contributed by atoms with Crippen molar-refractivity contribution in [1.29, 1.82) is 0 Å². The molecule has 0 saturated carbocycles. The van der Waals surface area contributed by atoms with Gasteiger partial charge < -0.3 is 14.5 Å². The van der Waals surface area contributed by atoms with Crippen LogP contribution in [0.3, 0.4) is 0 Å². The summed E-state index contributed by atoms with van der Waals surface area (Å²) in [6.07, 6.45) is 1.69. The van der Waals surface area contributed by atoms with Gasteiger partial charge in [0.15, 0.2) is 11.5 Å². The number of amides is 1. The maximum atomic E-state index is 12.3. The van der Waals surface area contributed by atoms with Crippen LogP contribution in [0, 0.1) is 24.0 Å². The number of nitrogens with one attached hydrogen (secondary N) is 1. The van der Waals surface area contributed by atoms with Crippen molar-refractivity contribution in [2.45, 2.75) is 20.5 Å². The Bertz CT molecular complexity index is 1010. The zero-order valence-electron chi connectivity index (χ0n) is 15.1. The highest BCUT2D eigenvalue weighted by molar-refractivity contribution is 6.02. The lowest BCUT2D eigenvalue weighted by Gasteiger charge is -2.06. The Kier molecular flexibility index (Phi) is 4.93. The van der Waals surface area contributed by atoms with Crippen LogP contribution in [-0.4, -0.2) is 20.6 Å². The highest BCUT2D eigenvalue weighted by Crippen LogP contribution is 2.28. The zero-order chi connectivity index (χ0) is 19.6. The molecule has 1 aromatic carbocycles. The number of furan rings is 1. The third kappa shape index (κ3) is 4.14. The smallest absolute Gasteiger partial charge is 0.311 e. The number of aromatic nitrogens is 2.